The van der Waals surface area contributed by atoms with Gasteiger partial charge >= 0.3 is 0 Å². The zero-order valence-corrected chi connectivity index (χ0v) is 16.6. The number of pyridine rings is 1. The summed E-state index contributed by atoms with van der Waals surface area (Å²) >= 11 is 0. The van der Waals surface area contributed by atoms with Gasteiger partial charge in [-0.05, 0) is 23.8 Å². The lowest BCUT2D eigenvalue weighted by molar-refractivity contribution is 0.282. The molecule has 3 aromatic heterocycles. The standard InChI is InChI=1S/C19H17FN6O3S/c1-25-18(12-29-19-7-4-15(20)9-22-19)17(10-23-25)26-11-14(8-24-26)13-2-5-16(6-3-13)30(21,27)28/h2-11H,12H2,1H3,(H2,21,27,28). The van der Waals surface area contributed by atoms with Crippen molar-refractivity contribution in [3.05, 3.63) is 72.7 Å². The van der Waals surface area contributed by atoms with Crippen LogP contribution < -0.4 is 9.88 Å². The third-order valence-electron chi connectivity index (χ3n) is 4.44. The van der Waals surface area contributed by atoms with E-state index in [1.54, 1.807) is 47.1 Å². The Bertz CT molecular complexity index is 1280. The first-order chi connectivity index (χ1) is 14.3. The van der Waals surface area contributed by atoms with Crippen molar-refractivity contribution in [2.75, 3.05) is 0 Å². The number of aryl methyl sites for hydroxylation is 1. The Morgan fingerprint density at radius 2 is 1.80 bits per heavy atom. The van der Waals surface area contributed by atoms with Gasteiger partial charge in [-0.25, -0.2) is 27.6 Å². The van der Waals surface area contributed by atoms with Crippen molar-refractivity contribution in [2.45, 2.75) is 11.5 Å². The van der Waals surface area contributed by atoms with Gasteiger partial charge in [-0.1, -0.05) is 12.1 Å². The molecule has 0 fully saturated rings. The van der Waals surface area contributed by atoms with Gasteiger partial charge in [-0.2, -0.15) is 10.2 Å². The third kappa shape index (κ3) is 4.07. The molecule has 154 valence electrons. The molecule has 0 amide bonds. The van der Waals surface area contributed by atoms with Crippen LogP contribution in [0, 0.1) is 5.82 Å². The van der Waals surface area contributed by atoms with E-state index in [0.29, 0.717) is 11.6 Å². The van der Waals surface area contributed by atoms with E-state index in [2.05, 4.69) is 15.2 Å². The molecule has 30 heavy (non-hydrogen) atoms. The highest BCUT2D eigenvalue weighted by molar-refractivity contribution is 7.89. The Balaban J connectivity index is 1.57. The minimum absolute atomic E-state index is 0.0414. The molecule has 1 aromatic carbocycles. The van der Waals surface area contributed by atoms with Gasteiger partial charge in [0.15, 0.2) is 0 Å². The van der Waals surface area contributed by atoms with Crippen LogP contribution in [0.1, 0.15) is 5.69 Å². The molecule has 4 aromatic rings. The molecule has 0 bridgehead atoms. The van der Waals surface area contributed by atoms with Gasteiger partial charge in [0.2, 0.25) is 15.9 Å². The van der Waals surface area contributed by atoms with Gasteiger partial charge in [-0.3, -0.25) is 4.68 Å². The van der Waals surface area contributed by atoms with E-state index in [9.17, 15) is 12.8 Å². The highest BCUT2D eigenvalue weighted by atomic mass is 32.2. The van der Waals surface area contributed by atoms with Crippen LogP contribution in [0.5, 0.6) is 5.88 Å². The Kier molecular flexibility index (Phi) is 5.06. The fraction of sp³-hybridized carbons (Fsp3) is 0.105. The summed E-state index contributed by atoms with van der Waals surface area (Å²) in [5, 5.41) is 13.8. The van der Waals surface area contributed by atoms with Crippen molar-refractivity contribution in [1.82, 2.24) is 24.5 Å². The first kappa shape index (κ1) is 19.7. The van der Waals surface area contributed by atoms with Crippen LogP contribution in [0.4, 0.5) is 4.39 Å². The molecule has 11 heteroatoms. The van der Waals surface area contributed by atoms with Crippen molar-refractivity contribution in [3.8, 4) is 22.7 Å². The summed E-state index contributed by atoms with van der Waals surface area (Å²) in [5.74, 6) is -0.149. The highest BCUT2D eigenvalue weighted by Gasteiger charge is 2.14. The molecule has 4 rings (SSSR count). The number of benzene rings is 1. The molecule has 0 saturated heterocycles. The predicted octanol–water partition coefficient (Wildman–Crippen LogP) is 2.03. The zero-order valence-electron chi connectivity index (χ0n) is 15.8. The summed E-state index contributed by atoms with van der Waals surface area (Å²) < 4.78 is 44.7. The van der Waals surface area contributed by atoms with E-state index in [0.717, 1.165) is 23.0 Å². The van der Waals surface area contributed by atoms with E-state index in [4.69, 9.17) is 9.88 Å². The van der Waals surface area contributed by atoms with Crippen LogP contribution in [0.3, 0.4) is 0 Å². The van der Waals surface area contributed by atoms with Crippen molar-refractivity contribution in [3.63, 3.8) is 0 Å². The molecular formula is C19H17FN6O3S. The van der Waals surface area contributed by atoms with Crippen LogP contribution in [0.15, 0.2) is 66.1 Å². The minimum atomic E-state index is -3.75. The number of sulfonamides is 1. The fourth-order valence-electron chi connectivity index (χ4n) is 2.84. The second-order valence-corrected chi connectivity index (χ2v) is 8.01. The maximum atomic E-state index is 13.0. The normalized spacial score (nSPS) is 11.6. The maximum Gasteiger partial charge on any atom is 0.238 e. The second kappa shape index (κ2) is 7.69. The summed E-state index contributed by atoms with van der Waals surface area (Å²) in [4.78, 5) is 3.92. The van der Waals surface area contributed by atoms with E-state index in [1.807, 2.05) is 0 Å². The topological polar surface area (TPSA) is 118 Å². The first-order valence-electron chi connectivity index (χ1n) is 8.75. The molecule has 0 saturated carbocycles. The van der Waals surface area contributed by atoms with E-state index in [1.165, 1.54) is 24.3 Å². The number of aromatic nitrogens is 5. The molecule has 0 atom stereocenters. The number of nitrogens with two attached hydrogens (primary N) is 1. The monoisotopic (exact) mass is 428 g/mol. The van der Waals surface area contributed by atoms with Crippen molar-refractivity contribution < 1.29 is 17.5 Å². The van der Waals surface area contributed by atoms with Gasteiger partial charge in [0.25, 0.3) is 0 Å². The number of ether oxygens (including phenoxy) is 1. The van der Waals surface area contributed by atoms with Gasteiger partial charge in [-0.15, -0.1) is 0 Å². The van der Waals surface area contributed by atoms with Crippen LogP contribution in [-0.2, 0) is 23.7 Å². The molecule has 0 radical (unpaired) electrons. The van der Waals surface area contributed by atoms with Crippen LogP contribution in [0.2, 0.25) is 0 Å². The number of rotatable bonds is 6. The summed E-state index contributed by atoms with van der Waals surface area (Å²) in [5.41, 5.74) is 3.00. The summed E-state index contributed by atoms with van der Waals surface area (Å²) in [6, 6.07) is 8.93. The van der Waals surface area contributed by atoms with Crippen LogP contribution in [0.25, 0.3) is 16.8 Å². The molecule has 0 spiro atoms. The van der Waals surface area contributed by atoms with Gasteiger partial charge < -0.3 is 4.74 Å². The Morgan fingerprint density at radius 1 is 1.03 bits per heavy atom. The van der Waals surface area contributed by atoms with E-state index < -0.39 is 15.8 Å². The lowest BCUT2D eigenvalue weighted by atomic mass is 10.1. The second-order valence-electron chi connectivity index (χ2n) is 6.45. The summed E-state index contributed by atoms with van der Waals surface area (Å²) in [6.45, 7) is 0.155. The SMILES string of the molecule is Cn1ncc(-n2cc(-c3ccc(S(N)(=O)=O)cc3)cn2)c1COc1ccc(F)cn1. The smallest absolute Gasteiger partial charge is 0.238 e. The highest BCUT2D eigenvalue weighted by Crippen LogP contribution is 2.23. The quantitative estimate of drug-likeness (QED) is 0.502. The summed E-state index contributed by atoms with van der Waals surface area (Å²) in [6.07, 6.45) is 6.19. The van der Waals surface area contributed by atoms with E-state index >= 15 is 0 Å². The Labute approximate surface area is 171 Å². The molecule has 0 aliphatic carbocycles. The van der Waals surface area contributed by atoms with Gasteiger partial charge in [0, 0.05) is 24.9 Å². The van der Waals surface area contributed by atoms with Gasteiger partial charge in [0.05, 0.1) is 23.5 Å². The Hall–Kier alpha value is -3.57. The average molecular weight is 428 g/mol. The predicted molar refractivity (Wildman–Crippen MR) is 106 cm³/mol. The lowest BCUT2D eigenvalue weighted by Gasteiger charge is -2.08. The number of hydrogen-bond acceptors (Lipinski definition) is 6. The third-order valence-corrected chi connectivity index (χ3v) is 5.37. The molecule has 2 N–H and O–H groups in total. The molecule has 0 unspecified atom stereocenters. The molecule has 0 aliphatic heterocycles. The van der Waals surface area contributed by atoms with Crippen molar-refractivity contribution >= 4 is 10.0 Å². The van der Waals surface area contributed by atoms with Gasteiger partial charge in [0.1, 0.15) is 23.8 Å². The first-order valence-corrected chi connectivity index (χ1v) is 10.3. The average Bonchev–Trinajstić information content (AvgIpc) is 3.34. The molecule has 0 aliphatic rings. The Morgan fingerprint density at radius 3 is 2.47 bits per heavy atom. The number of hydrogen-bond donors (Lipinski definition) is 1. The van der Waals surface area contributed by atoms with E-state index in [-0.39, 0.29) is 11.5 Å². The summed E-state index contributed by atoms with van der Waals surface area (Å²) in [7, 11) is -1.97. The van der Waals surface area contributed by atoms with Crippen molar-refractivity contribution in [2.24, 2.45) is 12.2 Å². The lowest BCUT2D eigenvalue weighted by Crippen LogP contribution is -2.11. The number of halogens is 1. The molecule has 3 heterocycles. The fourth-order valence-corrected chi connectivity index (χ4v) is 3.36. The number of nitrogens with zero attached hydrogens (tertiary/aromatic N) is 5. The molecule has 9 nitrogen and oxygen atoms in total. The zero-order chi connectivity index (χ0) is 21.3. The molecular weight excluding hydrogens is 411 g/mol. The van der Waals surface area contributed by atoms with Crippen LogP contribution >= 0.6 is 0 Å². The van der Waals surface area contributed by atoms with Crippen LogP contribution in [-0.4, -0.2) is 33.0 Å². The number of primary sulfonamides is 1. The maximum absolute atomic E-state index is 13.0. The minimum Gasteiger partial charge on any atom is -0.471 e. The van der Waals surface area contributed by atoms with Crippen molar-refractivity contribution in [1.29, 1.82) is 0 Å². The largest absolute Gasteiger partial charge is 0.471 e.